The molecule has 1 atom stereocenters. The molecule has 0 aliphatic carbocycles. The highest BCUT2D eigenvalue weighted by Gasteiger charge is 2.13. The molecule has 5 heteroatoms. The van der Waals surface area contributed by atoms with Gasteiger partial charge in [-0.15, -0.1) is 0 Å². The Labute approximate surface area is 168 Å². The molecule has 0 saturated carbocycles. The minimum atomic E-state index is -0.281. The number of nitrogens with one attached hydrogen (secondary N) is 2. The van der Waals surface area contributed by atoms with E-state index in [0.29, 0.717) is 6.54 Å². The van der Waals surface area contributed by atoms with Gasteiger partial charge in [0, 0.05) is 31.0 Å². The van der Waals surface area contributed by atoms with Gasteiger partial charge in [0.2, 0.25) is 5.91 Å². The van der Waals surface area contributed by atoms with Crippen molar-refractivity contribution in [2.75, 3.05) is 37.0 Å². The smallest absolute Gasteiger partial charge is 0.242 e. The number of carbonyl (C=O) groups is 1. The van der Waals surface area contributed by atoms with Crippen molar-refractivity contribution in [3.05, 3.63) is 54.1 Å². The summed E-state index contributed by atoms with van der Waals surface area (Å²) < 4.78 is 5.16. The quantitative estimate of drug-likeness (QED) is 0.729. The van der Waals surface area contributed by atoms with Crippen molar-refractivity contribution in [2.45, 2.75) is 38.6 Å². The standard InChI is InChI=1S/C23H31N3O2/c1-18(23(27)24-15-14-19-6-12-22(28-2)13-7-19)25-20-8-10-21(11-9-20)26-16-4-3-5-17-26/h6-13,18,25H,3-5,14-17H2,1-2H3,(H,24,27)/t18-/m1/s1. The fraction of sp³-hybridized carbons (Fsp3) is 0.435. The number of piperidine rings is 1. The third kappa shape index (κ3) is 5.65. The molecule has 2 aromatic rings. The molecule has 3 rings (SSSR count). The van der Waals surface area contributed by atoms with Crippen LogP contribution in [0.4, 0.5) is 11.4 Å². The molecular formula is C23H31N3O2. The largest absolute Gasteiger partial charge is 0.497 e. The first-order valence-electron chi connectivity index (χ1n) is 10.2. The summed E-state index contributed by atoms with van der Waals surface area (Å²) in [6, 6.07) is 16.0. The van der Waals surface area contributed by atoms with Crippen molar-refractivity contribution >= 4 is 17.3 Å². The van der Waals surface area contributed by atoms with Crippen LogP contribution >= 0.6 is 0 Å². The lowest BCUT2D eigenvalue weighted by Gasteiger charge is -2.29. The average Bonchev–Trinajstić information content (AvgIpc) is 2.75. The first kappa shape index (κ1) is 20.1. The zero-order valence-electron chi connectivity index (χ0n) is 16.9. The Morgan fingerprint density at radius 2 is 1.71 bits per heavy atom. The fourth-order valence-electron chi connectivity index (χ4n) is 3.51. The molecule has 1 aliphatic heterocycles. The minimum absolute atomic E-state index is 0.00798. The molecule has 0 bridgehead atoms. The highest BCUT2D eigenvalue weighted by molar-refractivity contribution is 5.84. The third-order valence-corrected chi connectivity index (χ3v) is 5.24. The zero-order valence-corrected chi connectivity index (χ0v) is 16.9. The molecular weight excluding hydrogens is 350 g/mol. The van der Waals surface area contributed by atoms with Crippen molar-refractivity contribution in [1.82, 2.24) is 5.32 Å². The Morgan fingerprint density at radius 1 is 1.04 bits per heavy atom. The molecule has 0 radical (unpaired) electrons. The van der Waals surface area contributed by atoms with Gasteiger partial charge >= 0.3 is 0 Å². The van der Waals surface area contributed by atoms with Gasteiger partial charge in [-0.1, -0.05) is 12.1 Å². The van der Waals surface area contributed by atoms with E-state index < -0.39 is 0 Å². The van der Waals surface area contributed by atoms with Gasteiger partial charge < -0.3 is 20.3 Å². The van der Waals surface area contributed by atoms with Gasteiger partial charge in [0.25, 0.3) is 0 Å². The lowest BCUT2D eigenvalue weighted by atomic mass is 10.1. The van der Waals surface area contributed by atoms with E-state index in [0.717, 1.165) is 30.9 Å². The Bertz CT molecular complexity index is 737. The number of rotatable bonds is 8. The summed E-state index contributed by atoms with van der Waals surface area (Å²) in [5.74, 6) is 0.852. The summed E-state index contributed by atoms with van der Waals surface area (Å²) in [6.07, 6.45) is 4.68. The van der Waals surface area contributed by atoms with Crippen LogP contribution in [0.5, 0.6) is 5.75 Å². The van der Waals surface area contributed by atoms with Gasteiger partial charge in [-0.2, -0.15) is 0 Å². The molecule has 2 aromatic carbocycles. The molecule has 1 fully saturated rings. The van der Waals surface area contributed by atoms with Crippen LogP contribution in [0.15, 0.2) is 48.5 Å². The number of carbonyl (C=O) groups excluding carboxylic acids is 1. The minimum Gasteiger partial charge on any atom is -0.497 e. The third-order valence-electron chi connectivity index (χ3n) is 5.24. The van der Waals surface area contributed by atoms with Crippen LogP contribution in [-0.2, 0) is 11.2 Å². The van der Waals surface area contributed by atoms with E-state index >= 15 is 0 Å². The van der Waals surface area contributed by atoms with Gasteiger partial charge in [0.1, 0.15) is 11.8 Å². The Hall–Kier alpha value is -2.69. The van der Waals surface area contributed by atoms with Crippen LogP contribution in [-0.4, -0.2) is 38.7 Å². The number of ether oxygens (including phenoxy) is 1. The van der Waals surface area contributed by atoms with E-state index in [-0.39, 0.29) is 11.9 Å². The molecule has 1 saturated heterocycles. The average molecular weight is 382 g/mol. The normalized spacial score (nSPS) is 15.0. The van der Waals surface area contributed by atoms with Crippen molar-refractivity contribution < 1.29 is 9.53 Å². The number of hydrogen-bond acceptors (Lipinski definition) is 4. The van der Waals surface area contributed by atoms with Gasteiger partial charge in [-0.05, 0) is 74.6 Å². The van der Waals surface area contributed by atoms with Crippen LogP contribution < -0.4 is 20.3 Å². The van der Waals surface area contributed by atoms with Gasteiger partial charge in [0.05, 0.1) is 7.11 Å². The van der Waals surface area contributed by atoms with Crippen LogP contribution in [0.1, 0.15) is 31.7 Å². The SMILES string of the molecule is COc1ccc(CCNC(=O)[C@@H](C)Nc2ccc(N3CCCCC3)cc2)cc1. The summed E-state index contributed by atoms with van der Waals surface area (Å²) in [4.78, 5) is 14.8. The van der Waals surface area contributed by atoms with Crippen LogP contribution in [0, 0.1) is 0 Å². The lowest BCUT2D eigenvalue weighted by Crippen LogP contribution is -2.38. The van der Waals surface area contributed by atoms with E-state index in [9.17, 15) is 4.79 Å². The molecule has 0 unspecified atom stereocenters. The van der Waals surface area contributed by atoms with Crippen LogP contribution in [0.2, 0.25) is 0 Å². The maximum Gasteiger partial charge on any atom is 0.242 e. The molecule has 1 heterocycles. The summed E-state index contributed by atoms with van der Waals surface area (Å²) >= 11 is 0. The topological polar surface area (TPSA) is 53.6 Å². The molecule has 0 spiro atoms. The van der Waals surface area contributed by atoms with E-state index in [4.69, 9.17) is 4.74 Å². The number of anilines is 2. The fourth-order valence-corrected chi connectivity index (χ4v) is 3.51. The van der Waals surface area contributed by atoms with E-state index in [1.165, 1.54) is 30.5 Å². The summed E-state index contributed by atoms with van der Waals surface area (Å²) in [7, 11) is 1.66. The van der Waals surface area contributed by atoms with E-state index in [1.54, 1.807) is 7.11 Å². The second kappa shape index (κ2) is 10.0. The summed E-state index contributed by atoms with van der Waals surface area (Å²) in [5.41, 5.74) is 3.41. The van der Waals surface area contributed by atoms with Crippen molar-refractivity contribution in [2.24, 2.45) is 0 Å². The maximum absolute atomic E-state index is 12.4. The molecule has 150 valence electrons. The highest BCUT2D eigenvalue weighted by atomic mass is 16.5. The van der Waals surface area contributed by atoms with Crippen LogP contribution in [0.3, 0.4) is 0 Å². The molecule has 1 amide bonds. The van der Waals surface area contributed by atoms with E-state index in [1.807, 2.05) is 31.2 Å². The Balaban J connectivity index is 1.42. The monoisotopic (exact) mass is 381 g/mol. The maximum atomic E-state index is 12.4. The number of benzene rings is 2. The zero-order chi connectivity index (χ0) is 19.8. The lowest BCUT2D eigenvalue weighted by molar-refractivity contribution is -0.121. The number of nitrogens with zero attached hydrogens (tertiary/aromatic N) is 1. The van der Waals surface area contributed by atoms with Gasteiger partial charge in [-0.3, -0.25) is 4.79 Å². The van der Waals surface area contributed by atoms with Gasteiger partial charge in [0.15, 0.2) is 0 Å². The first-order chi connectivity index (χ1) is 13.7. The van der Waals surface area contributed by atoms with E-state index in [2.05, 4.69) is 39.8 Å². The number of methoxy groups -OCH3 is 1. The van der Waals surface area contributed by atoms with Crippen molar-refractivity contribution in [1.29, 1.82) is 0 Å². The summed E-state index contributed by atoms with van der Waals surface area (Å²) in [5, 5.41) is 6.29. The van der Waals surface area contributed by atoms with Crippen LogP contribution in [0.25, 0.3) is 0 Å². The van der Waals surface area contributed by atoms with Gasteiger partial charge in [-0.25, -0.2) is 0 Å². The van der Waals surface area contributed by atoms with Crippen molar-refractivity contribution in [3.8, 4) is 5.75 Å². The first-order valence-corrected chi connectivity index (χ1v) is 10.2. The molecule has 0 aromatic heterocycles. The second-order valence-electron chi connectivity index (χ2n) is 7.35. The molecule has 5 nitrogen and oxygen atoms in total. The number of amides is 1. The predicted molar refractivity (Wildman–Crippen MR) is 115 cm³/mol. The predicted octanol–water partition coefficient (Wildman–Crippen LogP) is 3.84. The van der Waals surface area contributed by atoms with Crippen molar-refractivity contribution in [3.63, 3.8) is 0 Å². The molecule has 2 N–H and O–H groups in total. The molecule has 28 heavy (non-hydrogen) atoms. The second-order valence-corrected chi connectivity index (χ2v) is 7.35. The molecule has 1 aliphatic rings. The Kier molecular flexibility index (Phi) is 7.18. The Morgan fingerprint density at radius 3 is 2.36 bits per heavy atom. The summed E-state index contributed by atoms with van der Waals surface area (Å²) in [6.45, 7) is 4.78. The number of hydrogen-bond donors (Lipinski definition) is 2. The highest BCUT2D eigenvalue weighted by Crippen LogP contribution is 2.22.